The summed E-state index contributed by atoms with van der Waals surface area (Å²) in [6.07, 6.45) is 4.34. The quantitative estimate of drug-likeness (QED) is 0.294. The Balaban J connectivity index is 1.70. The molecular formula is C19H11N5O6. The highest BCUT2D eigenvalue weighted by Gasteiger charge is 2.23. The molecule has 2 aromatic carbocycles. The van der Waals surface area contributed by atoms with Crippen molar-refractivity contribution in [2.75, 3.05) is 0 Å². The van der Waals surface area contributed by atoms with Crippen LogP contribution in [0.15, 0.2) is 64.3 Å². The smallest absolute Gasteiger partial charge is 0.318 e. The number of aromatic hydroxyl groups is 1. The highest BCUT2D eigenvalue weighted by Crippen LogP contribution is 2.34. The van der Waals surface area contributed by atoms with Gasteiger partial charge in [-0.3, -0.25) is 30.2 Å². The van der Waals surface area contributed by atoms with Gasteiger partial charge in [0.05, 0.1) is 21.6 Å². The van der Waals surface area contributed by atoms with Gasteiger partial charge in [-0.25, -0.2) is 4.98 Å². The molecule has 148 valence electrons. The molecule has 0 amide bonds. The van der Waals surface area contributed by atoms with Crippen molar-refractivity contribution < 1.29 is 19.4 Å². The van der Waals surface area contributed by atoms with Gasteiger partial charge >= 0.3 is 5.69 Å². The van der Waals surface area contributed by atoms with Crippen LogP contribution >= 0.6 is 0 Å². The van der Waals surface area contributed by atoms with E-state index >= 15 is 0 Å². The molecule has 4 aromatic rings. The summed E-state index contributed by atoms with van der Waals surface area (Å²) >= 11 is 0. The Morgan fingerprint density at radius 1 is 1.03 bits per heavy atom. The van der Waals surface area contributed by atoms with Crippen LogP contribution in [-0.4, -0.2) is 31.1 Å². The Hall–Kier alpha value is -4.67. The number of hydrogen-bond donors (Lipinski definition) is 1. The Morgan fingerprint density at radius 2 is 1.80 bits per heavy atom. The predicted octanol–water partition coefficient (Wildman–Crippen LogP) is 4.16. The minimum absolute atomic E-state index is 0.159. The first-order valence-electron chi connectivity index (χ1n) is 8.43. The molecule has 0 unspecified atom stereocenters. The molecule has 0 aliphatic heterocycles. The van der Waals surface area contributed by atoms with E-state index in [1.165, 1.54) is 0 Å². The number of phenols is 1. The van der Waals surface area contributed by atoms with Gasteiger partial charge in [-0.05, 0) is 30.3 Å². The number of aromatic nitrogens is 2. The van der Waals surface area contributed by atoms with E-state index in [2.05, 4.69) is 15.0 Å². The second-order valence-electron chi connectivity index (χ2n) is 6.08. The molecule has 11 nitrogen and oxygen atoms in total. The number of nitrogens with zero attached hydrogens (tertiary/aromatic N) is 5. The van der Waals surface area contributed by atoms with Crippen LogP contribution in [0, 0.1) is 20.2 Å². The first kappa shape index (κ1) is 18.7. The largest absolute Gasteiger partial charge is 0.502 e. The molecule has 0 spiro atoms. The molecular weight excluding hydrogens is 394 g/mol. The van der Waals surface area contributed by atoms with E-state index in [1.807, 2.05) is 0 Å². The van der Waals surface area contributed by atoms with E-state index in [-0.39, 0.29) is 5.56 Å². The Bertz CT molecular complexity index is 1320. The predicted molar refractivity (Wildman–Crippen MR) is 106 cm³/mol. The van der Waals surface area contributed by atoms with Crippen LogP contribution in [0.2, 0.25) is 0 Å². The van der Waals surface area contributed by atoms with Gasteiger partial charge in [-0.1, -0.05) is 0 Å². The van der Waals surface area contributed by atoms with Crippen molar-refractivity contribution in [3.8, 4) is 17.2 Å². The van der Waals surface area contributed by atoms with Crippen LogP contribution < -0.4 is 0 Å². The lowest BCUT2D eigenvalue weighted by atomic mass is 10.1. The fraction of sp³-hybridized carbons (Fsp3) is 0. The summed E-state index contributed by atoms with van der Waals surface area (Å²) in [5.41, 5.74) is 0.731. The van der Waals surface area contributed by atoms with Gasteiger partial charge < -0.3 is 9.52 Å². The second-order valence-corrected chi connectivity index (χ2v) is 6.08. The molecule has 0 atom stereocenters. The lowest BCUT2D eigenvalue weighted by Gasteiger charge is -2.01. The molecule has 0 aliphatic rings. The number of rotatable bonds is 5. The lowest BCUT2D eigenvalue weighted by Crippen LogP contribution is -1.96. The maximum absolute atomic E-state index is 11.0. The summed E-state index contributed by atoms with van der Waals surface area (Å²) < 4.78 is 5.69. The van der Waals surface area contributed by atoms with E-state index in [4.69, 9.17) is 4.42 Å². The van der Waals surface area contributed by atoms with E-state index < -0.39 is 27.0 Å². The van der Waals surface area contributed by atoms with Crippen LogP contribution in [-0.2, 0) is 0 Å². The molecule has 0 aliphatic carbocycles. The number of hydrogen-bond acceptors (Lipinski definition) is 9. The maximum atomic E-state index is 11.0. The lowest BCUT2D eigenvalue weighted by molar-refractivity contribution is -0.394. The monoisotopic (exact) mass is 405 g/mol. The van der Waals surface area contributed by atoms with Gasteiger partial charge in [0.1, 0.15) is 5.52 Å². The molecule has 2 aromatic heterocycles. The number of nitro benzene ring substituents is 2. The molecule has 30 heavy (non-hydrogen) atoms. The van der Waals surface area contributed by atoms with Crippen LogP contribution in [0.5, 0.6) is 5.75 Å². The zero-order chi connectivity index (χ0) is 21.3. The average molecular weight is 405 g/mol. The number of pyridine rings is 1. The number of fused-ring (bicyclic) bond motifs is 1. The summed E-state index contributed by atoms with van der Waals surface area (Å²) in [5, 5.41) is 32.1. The van der Waals surface area contributed by atoms with E-state index in [0.29, 0.717) is 28.7 Å². The molecule has 0 fully saturated rings. The molecule has 2 heterocycles. The number of benzene rings is 2. The summed E-state index contributed by atoms with van der Waals surface area (Å²) in [6.45, 7) is 0. The summed E-state index contributed by atoms with van der Waals surface area (Å²) in [7, 11) is 0. The molecule has 1 N–H and O–H groups in total. The van der Waals surface area contributed by atoms with Crippen LogP contribution in [0.25, 0.3) is 22.6 Å². The molecule has 0 saturated carbocycles. The zero-order valence-corrected chi connectivity index (χ0v) is 15.0. The zero-order valence-electron chi connectivity index (χ0n) is 15.0. The Morgan fingerprint density at radius 3 is 2.50 bits per heavy atom. The van der Waals surface area contributed by atoms with Crippen molar-refractivity contribution in [2.45, 2.75) is 0 Å². The third-order valence-corrected chi connectivity index (χ3v) is 4.16. The topological polar surface area (TPSA) is 158 Å². The Kier molecular flexibility index (Phi) is 4.60. The number of phenolic OH excluding ortho intramolecular Hbond substituents is 1. The van der Waals surface area contributed by atoms with Crippen LogP contribution in [0.3, 0.4) is 0 Å². The highest BCUT2D eigenvalue weighted by atomic mass is 16.6. The fourth-order valence-electron chi connectivity index (χ4n) is 2.73. The Labute approximate surface area is 167 Å². The molecule has 0 saturated heterocycles. The van der Waals surface area contributed by atoms with Crippen molar-refractivity contribution in [1.82, 2.24) is 9.97 Å². The summed E-state index contributed by atoms with van der Waals surface area (Å²) in [6, 6.07) is 10.1. The van der Waals surface area contributed by atoms with Crippen molar-refractivity contribution >= 4 is 34.4 Å². The minimum atomic E-state index is -0.901. The van der Waals surface area contributed by atoms with Gasteiger partial charge in [0, 0.05) is 35.8 Å². The minimum Gasteiger partial charge on any atom is -0.502 e. The summed E-state index contributed by atoms with van der Waals surface area (Å²) in [4.78, 5) is 32.9. The van der Waals surface area contributed by atoms with Crippen molar-refractivity contribution in [1.29, 1.82) is 0 Å². The molecule has 0 bridgehead atoms. The molecule has 4 rings (SSSR count). The van der Waals surface area contributed by atoms with Crippen LogP contribution in [0.1, 0.15) is 5.56 Å². The van der Waals surface area contributed by atoms with Crippen molar-refractivity contribution in [2.24, 2.45) is 4.99 Å². The van der Waals surface area contributed by atoms with Gasteiger partial charge in [0.25, 0.3) is 5.69 Å². The average Bonchev–Trinajstić information content (AvgIpc) is 3.16. The SMILES string of the molecule is O=[N+]([O-])c1cc(C=Nc2ccc3oc(-c4ccncc4)nc3c2)c(O)c([N+](=O)[O-])c1. The van der Waals surface area contributed by atoms with Crippen molar-refractivity contribution in [3.63, 3.8) is 0 Å². The molecule has 11 heteroatoms. The van der Waals surface area contributed by atoms with E-state index in [0.717, 1.165) is 17.8 Å². The van der Waals surface area contributed by atoms with E-state index in [1.54, 1.807) is 42.7 Å². The number of non-ortho nitro benzene ring substituents is 1. The fourth-order valence-corrected chi connectivity index (χ4v) is 2.73. The van der Waals surface area contributed by atoms with Crippen LogP contribution in [0.4, 0.5) is 17.1 Å². The molecule has 0 radical (unpaired) electrons. The maximum Gasteiger partial charge on any atom is 0.318 e. The second kappa shape index (κ2) is 7.39. The van der Waals surface area contributed by atoms with E-state index in [9.17, 15) is 25.3 Å². The summed E-state index contributed by atoms with van der Waals surface area (Å²) in [5.74, 6) is -0.308. The number of nitro groups is 2. The highest BCUT2D eigenvalue weighted by molar-refractivity contribution is 5.89. The first-order chi connectivity index (χ1) is 14.4. The van der Waals surface area contributed by atoms with Gasteiger partial charge in [-0.2, -0.15) is 0 Å². The third kappa shape index (κ3) is 3.54. The van der Waals surface area contributed by atoms with Gasteiger partial charge in [0.15, 0.2) is 5.58 Å². The van der Waals surface area contributed by atoms with Gasteiger partial charge in [-0.15, -0.1) is 0 Å². The normalized spacial score (nSPS) is 11.2. The number of oxazole rings is 1. The first-order valence-corrected chi connectivity index (χ1v) is 8.43. The van der Waals surface area contributed by atoms with Crippen molar-refractivity contribution in [3.05, 3.63) is 80.7 Å². The standard InChI is InChI=1S/C19H11N5O6/c25-18-12(7-14(23(26)27)9-16(18)24(28)29)10-21-13-1-2-17-15(8-13)22-19(30-17)11-3-5-20-6-4-11/h1-10,25H. The third-order valence-electron chi connectivity index (χ3n) is 4.16. The number of aliphatic imine (C=N–C) groups is 1. The van der Waals surface area contributed by atoms with Gasteiger partial charge in [0.2, 0.25) is 11.6 Å².